The number of carbonyl (C=O) groups excluding carboxylic acids is 1. The number of rotatable bonds is 4. The summed E-state index contributed by atoms with van der Waals surface area (Å²) in [6.07, 6.45) is 1.78. The molecule has 2 aliphatic rings. The van der Waals surface area contributed by atoms with E-state index < -0.39 is 0 Å². The van der Waals surface area contributed by atoms with E-state index in [1.54, 1.807) is 44.6 Å². The first-order valence-electron chi connectivity index (χ1n) is 8.11. The summed E-state index contributed by atoms with van der Waals surface area (Å²) in [6, 6.07) is 8.97. The second-order valence-corrected chi connectivity index (χ2v) is 8.32. The van der Waals surface area contributed by atoms with E-state index in [4.69, 9.17) is 31.2 Å². The van der Waals surface area contributed by atoms with Gasteiger partial charge in [0.15, 0.2) is 27.3 Å². The van der Waals surface area contributed by atoms with E-state index in [0.29, 0.717) is 37.9 Å². The second-order valence-electron chi connectivity index (χ2n) is 5.79. The van der Waals surface area contributed by atoms with Crippen LogP contribution < -0.4 is 23.8 Å². The van der Waals surface area contributed by atoms with Crippen LogP contribution in [0.15, 0.2) is 39.7 Å². The van der Waals surface area contributed by atoms with Gasteiger partial charge >= 0.3 is 0 Å². The van der Waals surface area contributed by atoms with Crippen LogP contribution in [-0.4, -0.2) is 31.2 Å². The average Bonchev–Trinajstić information content (AvgIpc) is 3.25. The molecular weight excluding hydrogens is 466 g/mol. The molecule has 2 aromatic carbocycles. The van der Waals surface area contributed by atoms with Gasteiger partial charge in [0.1, 0.15) is 0 Å². The number of thioether (sulfide) groups is 1. The summed E-state index contributed by atoms with van der Waals surface area (Å²) in [4.78, 5) is 15.0. The Morgan fingerprint density at radius 1 is 1.18 bits per heavy atom. The number of ether oxygens (including phenoxy) is 4. The fourth-order valence-corrected chi connectivity index (χ4v) is 4.81. The van der Waals surface area contributed by atoms with E-state index in [1.165, 1.54) is 16.7 Å². The third-order valence-corrected chi connectivity index (χ3v) is 6.05. The molecule has 0 saturated carbocycles. The van der Waals surface area contributed by atoms with E-state index in [1.807, 2.05) is 6.07 Å². The Kier molecular flexibility index (Phi) is 5.22. The van der Waals surface area contributed by atoms with Crippen molar-refractivity contribution in [1.29, 1.82) is 0 Å². The zero-order chi connectivity index (χ0) is 19.8. The number of anilines is 1. The van der Waals surface area contributed by atoms with Crippen LogP contribution in [-0.2, 0) is 4.79 Å². The second kappa shape index (κ2) is 7.65. The van der Waals surface area contributed by atoms with Crippen molar-refractivity contribution >= 4 is 61.9 Å². The molecule has 0 radical (unpaired) electrons. The maximum Gasteiger partial charge on any atom is 0.270 e. The van der Waals surface area contributed by atoms with Crippen molar-refractivity contribution in [3.05, 3.63) is 45.3 Å². The monoisotopic (exact) mass is 479 g/mol. The summed E-state index contributed by atoms with van der Waals surface area (Å²) in [6.45, 7) is 0.172. The predicted molar refractivity (Wildman–Crippen MR) is 115 cm³/mol. The molecule has 0 unspecified atom stereocenters. The first-order valence-corrected chi connectivity index (χ1v) is 10.1. The molecule has 2 heterocycles. The summed E-state index contributed by atoms with van der Waals surface area (Å²) in [5, 5.41) is 0. The quantitative estimate of drug-likeness (QED) is 0.468. The van der Waals surface area contributed by atoms with E-state index in [9.17, 15) is 4.79 Å². The Labute approximate surface area is 179 Å². The predicted octanol–water partition coefficient (Wildman–Crippen LogP) is 4.60. The Balaban J connectivity index is 1.67. The fourth-order valence-electron chi connectivity index (χ4n) is 2.89. The molecule has 144 valence electrons. The SMILES string of the molecule is COc1cc(/C=C2/SC(=S)N(c3ccc4c(c3)OCO4)C2=O)cc(Br)c1OC. The highest BCUT2D eigenvalue weighted by atomic mass is 79.9. The summed E-state index contributed by atoms with van der Waals surface area (Å²) < 4.78 is 22.6. The van der Waals surface area contributed by atoms with Gasteiger partial charge in [-0.15, -0.1) is 0 Å². The van der Waals surface area contributed by atoms with Crippen molar-refractivity contribution in [2.45, 2.75) is 0 Å². The highest BCUT2D eigenvalue weighted by Crippen LogP contribution is 2.42. The van der Waals surface area contributed by atoms with Gasteiger partial charge in [0.05, 0.1) is 29.3 Å². The largest absolute Gasteiger partial charge is 0.493 e. The number of halogens is 1. The lowest BCUT2D eigenvalue weighted by Crippen LogP contribution is -2.27. The topological polar surface area (TPSA) is 57.2 Å². The molecule has 4 rings (SSSR count). The van der Waals surface area contributed by atoms with Crippen molar-refractivity contribution in [1.82, 2.24) is 0 Å². The van der Waals surface area contributed by atoms with Gasteiger partial charge in [0, 0.05) is 6.07 Å². The Hall–Kier alpha value is -2.23. The third-order valence-electron chi connectivity index (χ3n) is 4.16. The van der Waals surface area contributed by atoms with Gasteiger partial charge < -0.3 is 18.9 Å². The van der Waals surface area contributed by atoms with Crippen LogP contribution in [0.3, 0.4) is 0 Å². The molecule has 0 aliphatic carbocycles. The number of fused-ring (bicyclic) bond motifs is 1. The number of amides is 1. The zero-order valence-electron chi connectivity index (χ0n) is 14.9. The molecule has 1 fully saturated rings. The van der Waals surface area contributed by atoms with Crippen LogP contribution in [0.4, 0.5) is 5.69 Å². The highest BCUT2D eigenvalue weighted by molar-refractivity contribution is 9.10. The smallest absolute Gasteiger partial charge is 0.270 e. The number of carbonyl (C=O) groups is 1. The van der Waals surface area contributed by atoms with Crippen LogP contribution in [0.25, 0.3) is 6.08 Å². The van der Waals surface area contributed by atoms with E-state index in [0.717, 1.165) is 10.0 Å². The lowest BCUT2D eigenvalue weighted by atomic mass is 10.1. The summed E-state index contributed by atoms with van der Waals surface area (Å²) in [5.41, 5.74) is 1.43. The Morgan fingerprint density at radius 2 is 1.96 bits per heavy atom. The summed E-state index contributed by atoms with van der Waals surface area (Å²) in [5.74, 6) is 2.21. The number of methoxy groups -OCH3 is 2. The Bertz CT molecular complexity index is 1020. The lowest BCUT2D eigenvalue weighted by molar-refractivity contribution is -0.113. The van der Waals surface area contributed by atoms with Gasteiger partial charge in [-0.05, 0) is 51.8 Å². The molecule has 0 bridgehead atoms. The van der Waals surface area contributed by atoms with Crippen molar-refractivity contribution in [2.24, 2.45) is 0 Å². The van der Waals surface area contributed by atoms with Gasteiger partial charge in [-0.25, -0.2) is 0 Å². The van der Waals surface area contributed by atoms with Gasteiger partial charge in [-0.1, -0.05) is 24.0 Å². The van der Waals surface area contributed by atoms with Crippen molar-refractivity contribution < 1.29 is 23.7 Å². The normalized spacial score (nSPS) is 16.8. The maximum absolute atomic E-state index is 13.0. The first-order chi connectivity index (χ1) is 13.5. The molecule has 0 spiro atoms. The Morgan fingerprint density at radius 3 is 2.71 bits per heavy atom. The molecule has 0 aromatic heterocycles. The molecule has 1 saturated heterocycles. The lowest BCUT2D eigenvalue weighted by Gasteiger charge is -2.14. The van der Waals surface area contributed by atoms with E-state index in [2.05, 4.69) is 15.9 Å². The molecule has 0 N–H and O–H groups in total. The van der Waals surface area contributed by atoms with Gasteiger partial charge in [0.2, 0.25) is 6.79 Å². The number of hydrogen-bond acceptors (Lipinski definition) is 7. The van der Waals surface area contributed by atoms with Crippen LogP contribution in [0.1, 0.15) is 5.56 Å². The van der Waals surface area contributed by atoms with Crippen LogP contribution in [0.2, 0.25) is 0 Å². The van der Waals surface area contributed by atoms with Gasteiger partial charge in [0.25, 0.3) is 5.91 Å². The molecule has 2 aliphatic heterocycles. The van der Waals surface area contributed by atoms with Crippen molar-refractivity contribution in [3.63, 3.8) is 0 Å². The number of nitrogens with zero attached hydrogens (tertiary/aromatic N) is 1. The molecule has 9 heteroatoms. The molecule has 0 atom stereocenters. The number of thiocarbonyl (C=S) groups is 1. The average molecular weight is 480 g/mol. The minimum absolute atomic E-state index is 0.172. The van der Waals surface area contributed by atoms with Gasteiger partial charge in [-0.2, -0.15) is 0 Å². The fraction of sp³-hybridized carbons (Fsp3) is 0.158. The summed E-state index contributed by atoms with van der Waals surface area (Å²) in [7, 11) is 3.13. The molecule has 2 aromatic rings. The molecule has 1 amide bonds. The summed E-state index contributed by atoms with van der Waals surface area (Å²) >= 11 is 10.1. The van der Waals surface area contributed by atoms with Crippen molar-refractivity contribution in [2.75, 3.05) is 25.9 Å². The standard InChI is InChI=1S/C19H14BrNO5S2/c1-23-15-6-10(5-12(20)17(15)24-2)7-16-18(22)21(19(27)28-16)11-3-4-13-14(8-11)26-9-25-13/h3-8H,9H2,1-2H3/b16-7+. The number of benzene rings is 2. The zero-order valence-corrected chi connectivity index (χ0v) is 18.1. The minimum atomic E-state index is -0.195. The first kappa shape index (κ1) is 19.1. The molecule has 6 nitrogen and oxygen atoms in total. The minimum Gasteiger partial charge on any atom is -0.493 e. The highest BCUT2D eigenvalue weighted by Gasteiger charge is 2.34. The van der Waals surface area contributed by atoms with Crippen LogP contribution in [0.5, 0.6) is 23.0 Å². The number of hydrogen-bond donors (Lipinski definition) is 0. The van der Waals surface area contributed by atoms with E-state index in [-0.39, 0.29) is 12.7 Å². The molecule has 28 heavy (non-hydrogen) atoms. The van der Waals surface area contributed by atoms with Gasteiger partial charge in [-0.3, -0.25) is 9.69 Å². The maximum atomic E-state index is 13.0. The van der Waals surface area contributed by atoms with E-state index >= 15 is 0 Å². The van der Waals surface area contributed by atoms with Crippen molar-refractivity contribution in [3.8, 4) is 23.0 Å². The third kappa shape index (κ3) is 3.34. The van der Waals surface area contributed by atoms with Crippen LogP contribution in [0, 0.1) is 0 Å². The van der Waals surface area contributed by atoms with Crippen LogP contribution >= 0.6 is 39.9 Å². The molecular formula is C19H14BrNO5S2.